The highest BCUT2D eigenvalue weighted by Crippen LogP contribution is 2.22. The Morgan fingerprint density at radius 2 is 1.74 bits per heavy atom. The largest absolute Gasteiger partial charge is 0.497 e. The van der Waals surface area contributed by atoms with Crippen LogP contribution in [0.25, 0.3) is 0 Å². The van der Waals surface area contributed by atoms with Gasteiger partial charge >= 0.3 is 0 Å². The van der Waals surface area contributed by atoms with Gasteiger partial charge in [0.05, 0.1) is 17.8 Å². The zero-order chi connectivity index (χ0) is 13.9. The molecular formula is C15H16O3S. The van der Waals surface area contributed by atoms with Gasteiger partial charge in [0.2, 0.25) is 0 Å². The van der Waals surface area contributed by atoms with Gasteiger partial charge in [0.25, 0.3) is 0 Å². The van der Waals surface area contributed by atoms with E-state index in [0.717, 1.165) is 11.1 Å². The maximum Gasteiger partial charge on any atom is 0.182 e. The highest BCUT2D eigenvalue weighted by Gasteiger charge is 2.16. The monoisotopic (exact) mass is 276 g/mol. The van der Waals surface area contributed by atoms with Gasteiger partial charge < -0.3 is 4.74 Å². The Kier molecular flexibility index (Phi) is 3.90. The summed E-state index contributed by atoms with van der Waals surface area (Å²) in [6.45, 7) is 1.90. The molecule has 0 aromatic heterocycles. The lowest BCUT2D eigenvalue weighted by molar-refractivity contribution is 0.414. The molecule has 0 aliphatic carbocycles. The molecule has 0 atom stereocenters. The van der Waals surface area contributed by atoms with E-state index in [1.807, 2.05) is 19.1 Å². The minimum atomic E-state index is -3.32. The zero-order valence-corrected chi connectivity index (χ0v) is 11.8. The second kappa shape index (κ2) is 5.45. The fraction of sp³-hybridized carbons (Fsp3) is 0.200. The first-order chi connectivity index (χ1) is 9.03. The molecule has 4 heteroatoms. The third kappa shape index (κ3) is 3.15. The molecule has 0 bridgehead atoms. The number of hydrogen-bond acceptors (Lipinski definition) is 3. The molecule has 0 saturated carbocycles. The summed E-state index contributed by atoms with van der Waals surface area (Å²) in [5.74, 6) is 0.656. The van der Waals surface area contributed by atoms with Crippen molar-refractivity contribution in [2.75, 3.05) is 7.11 Å². The van der Waals surface area contributed by atoms with Gasteiger partial charge in [-0.15, -0.1) is 0 Å². The highest BCUT2D eigenvalue weighted by molar-refractivity contribution is 7.90. The number of methoxy groups -OCH3 is 1. The van der Waals surface area contributed by atoms with Crippen LogP contribution in [-0.2, 0) is 15.6 Å². The molecule has 0 fully saturated rings. The third-order valence-corrected chi connectivity index (χ3v) is 4.69. The second-order valence-electron chi connectivity index (χ2n) is 4.36. The van der Waals surface area contributed by atoms with Crippen molar-refractivity contribution >= 4 is 9.84 Å². The van der Waals surface area contributed by atoms with Crippen LogP contribution in [0.5, 0.6) is 5.75 Å². The summed E-state index contributed by atoms with van der Waals surface area (Å²) < 4.78 is 29.8. The molecule has 0 spiro atoms. The maximum absolute atomic E-state index is 12.3. The Balaban J connectivity index is 2.36. The third-order valence-electron chi connectivity index (χ3n) is 3.00. The van der Waals surface area contributed by atoms with Crippen molar-refractivity contribution in [3.63, 3.8) is 0 Å². The summed E-state index contributed by atoms with van der Waals surface area (Å²) in [6.07, 6.45) is 0. The van der Waals surface area contributed by atoms with Crippen LogP contribution in [0.2, 0.25) is 0 Å². The zero-order valence-electron chi connectivity index (χ0n) is 11.0. The highest BCUT2D eigenvalue weighted by atomic mass is 32.2. The first-order valence-electron chi connectivity index (χ1n) is 5.94. The van der Waals surface area contributed by atoms with E-state index in [1.54, 1.807) is 43.5 Å². The Morgan fingerprint density at radius 1 is 1.05 bits per heavy atom. The Bertz CT molecular complexity index is 661. The molecule has 0 aliphatic heterocycles. The number of rotatable bonds is 4. The number of benzene rings is 2. The lowest BCUT2D eigenvalue weighted by atomic mass is 10.1. The van der Waals surface area contributed by atoms with Crippen LogP contribution in [0.4, 0.5) is 0 Å². The van der Waals surface area contributed by atoms with Gasteiger partial charge in [0.1, 0.15) is 5.75 Å². The molecule has 19 heavy (non-hydrogen) atoms. The van der Waals surface area contributed by atoms with Crippen molar-refractivity contribution in [2.24, 2.45) is 0 Å². The number of ether oxygens (including phenoxy) is 1. The van der Waals surface area contributed by atoms with Crippen LogP contribution >= 0.6 is 0 Å². The van der Waals surface area contributed by atoms with E-state index in [1.165, 1.54) is 0 Å². The Morgan fingerprint density at radius 3 is 2.37 bits per heavy atom. The quantitative estimate of drug-likeness (QED) is 0.862. The summed E-state index contributed by atoms with van der Waals surface area (Å²) in [5.41, 5.74) is 1.71. The number of hydrogen-bond donors (Lipinski definition) is 0. The van der Waals surface area contributed by atoms with E-state index in [-0.39, 0.29) is 5.75 Å². The van der Waals surface area contributed by atoms with Crippen LogP contribution in [0.1, 0.15) is 11.1 Å². The van der Waals surface area contributed by atoms with Crippen LogP contribution < -0.4 is 4.74 Å². The van der Waals surface area contributed by atoms with E-state index < -0.39 is 9.84 Å². The average Bonchev–Trinajstić information content (AvgIpc) is 2.42. The molecule has 3 nitrogen and oxygen atoms in total. The average molecular weight is 276 g/mol. The predicted molar refractivity (Wildman–Crippen MR) is 75.1 cm³/mol. The summed E-state index contributed by atoms with van der Waals surface area (Å²) >= 11 is 0. The molecule has 0 saturated heterocycles. The Labute approximate surface area is 113 Å². The van der Waals surface area contributed by atoms with Crippen molar-refractivity contribution in [1.29, 1.82) is 0 Å². The molecule has 0 heterocycles. The van der Waals surface area contributed by atoms with Crippen molar-refractivity contribution < 1.29 is 13.2 Å². The van der Waals surface area contributed by atoms with Crippen molar-refractivity contribution in [2.45, 2.75) is 17.6 Å². The van der Waals surface area contributed by atoms with Gasteiger partial charge in [-0.25, -0.2) is 8.42 Å². The van der Waals surface area contributed by atoms with Crippen LogP contribution in [-0.4, -0.2) is 15.5 Å². The minimum Gasteiger partial charge on any atom is -0.497 e. The molecule has 2 rings (SSSR count). The molecule has 2 aromatic carbocycles. The topological polar surface area (TPSA) is 43.4 Å². The van der Waals surface area contributed by atoms with Gasteiger partial charge in [-0.1, -0.05) is 24.3 Å². The van der Waals surface area contributed by atoms with E-state index >= 15 is 0 Å². The summed E-state index contributed by atoms with van der Waals surface area (Å²) in [6, 6.07) is 14.0. The van der Waals surface area contributed by atoms with Crippen molar-refractivity contribution in [1.82, 2.24) is 0 Å². The molecule has 100 valence electrons. The van der Waals surface area contributed by atoms with Gasteiger partial charge in [-0.3, -0.25) is 0 Å². The molecule has 0 amide bonds. The summed E-state index contributed by atoms with van der Waals surface area (Å²) in [5, 5.41) is 0. The molecular weight excluding hydrogens is 260 g/mol. The van der Waals surface area contributed by atoms with E-state index in [4.69, 9.17) is 4.74 Å². The van der Waals surface area contributed by atoms with Crippen molar-refractivity contribution in [3.05, 3.63) is 59.7 Å². The van der Waals surface area contributed by atoms with Crippen LogP contribution in [0.3, 0.4) is 0 Å². The molecule has 0 N–H and O–H groups in total. The molecule has 0 radical (unpaired) electrons. The lowest BCUT2D eigenvalue weighted by Crippen LogP contribution is -2.06. The van der Waals surface area contributed by atoms with Gasteiger partial charge in [-0.2, -0.15) is 0 Å². The molecule has 0 aliphatic rings. The standard InChI is InChI=1S/C15H16O3S/c1-12-8-9-14(18-2)10-13(12)11-19(16,17)15-6-4-3-5-7-15/h3-10H,11H2,1-2H3. The van der Waals surface area contributed by atoms with Crippen LogP contribution in [0.15, 0.2) is 53.4 Å². The molecule has 2 aromatic rings. The van der Waals surface area contributed by atoms with E-state index in [0.29, 0.717) is 10.6 Å². The second-order valence-corrected chi connectivity index (χ2v) is 6.35. The normalized spacial score (nSPS) is 11.3. The first kappa shape index (κ1) is 13.6. The maximum atomic E-state index is 12.3. The predicted octanol–water partition coefficient (Wildman–Crippen LogP) is 2.98. The fourth-order valence-corrected chi connectivity index (χ4v) is 3.31. The van der Waals surface area contributed by atoms with Gasteiger partial charge in [0.15, 0.2) is 9.84 Å². The van der Waals surface area contributed by atoms with Crippen LogP contribution in [0, 0.1) is 6.92 Å². The summed E-state index contributed by atoms with van der Waals surface area (Å²) in [4.78, 5) is 0.345. The summed E-state index contributed by atoms with van der Waals surface area (Å²) in [7, 11) is -1.75. The number of sulfone groups is 1. The van der Waals surface area contributed by atoms with E-state index in [2.05, 4.69) is 0 Å². The van der Waals surface area contributed by atoms with E-state index in [9.17, 15) is 8.42 Å². The number of aryl methyl sites for hydroxylation is 1. The van der Waals surface area contributed by atoms with Gasteiger partial charge in [-0.05, 0) is 42.3 Å². The SMILES string of the molecule is COc1ccc(C)c(CS(=O)(=O)c2ccccc2)c1. The van der Waals surface area contributed by atoms with Crippen molar-refractivity contribution in [3.8, 4) is 5.75 Å². The van der Waals surface area contributed by atoms with Gasteiger partial charge in [0, 0.05) is 0 Å². The Hall–Kier alpha value is -1.81. The molecule has 0 unspecified atom stereocenters. The minimum absolute atomic E-state index is 0.0138. The first-order valence-corrected chi connectivity index (χ1v) is 7.59. The smallest absolute Gasteiger partial charge is 0.182 e. The fourth-order valence-electron chi connectivity index (χ4n) is 1.85. The lowest BCUT2D eigenvalue weighted by Gasteiger charge is -2.09.